The summed E-state index contributed by atoms with van der Waals surface area (Å²) < 4.78 is 7.10. The maximum Gasteiger partial charge on any atom is 0.257 e. The lowest BCUT2D eigenvalue weighted by Crippen LogP contribution is -2.43. The number of ether oxygens (including phenoxy) is 1. The molecule has 1 fully saturated rings. The van der Waals surface area contributed by atoms with Crippen molar-refractivity contribution >= 4 is 23.2 Å². The topological polar surface area (TPSA) is 63.6 Å². The van der Waals surface area contributed by atoms with Crippen molar-refractivity contribution < 1.29 is 14.3 Å². The van der Waals surface area contributed by atoms with Crippen molar-refractivity contribution in [1.82, 2.24) is 14.8 Å². The number of likely N-dealkylation sites (tertiary alicyclic amines) is 1. The van der Waals surface area contributed by atoms with E-state index < -0.39 is 0 Å². The lowest BCUT2D eigenvalue weighted by molar-refractivity contribution is -0.126. The Labute approximate surface area is 182 Å². The number of nitrogens with zero attached hydrogens (tertiary/aromatic N) is 2. The van der Waals surface area contributed by atoms with Crippen molar-refractivity contribution in [3.8, 4) is 5.00 Å². The molecule has 4 rings (SSSR count). The first-order valence-corrected chi connectivity index (χ1v) is 11.8. The summed E-state index contributed by atoms with van der Waals surface area (Å²) in [4.78, 5) is 29.3. The number of fused-ring (bicyclic) bond motifs is 1. The van der Waals surface area contributed by atoms with Gasteiger partial charge >= 0.3 is 0 Å². The van der Waals surface area contributed by atoms with Crippen LogP contribution < -0.4 is 5.32 Å². The molecule has 0 saturated carbocycles. The van der Waals surface area contributed by atoms with Crippen molar-refractivity contribution in [3.05, 3.63) is 40.5 Å². The summed E-state index contributed by atoms with van der Waals surface area (Å²) >= 11 is 1.77. The highest BCUT2D eigenvalue weighted by atomic mass is 32.1. The molecular formula is C23H31N3O3S. The second kappa shape index (κ2) is 9.79. The Hall–Kier alpha value is -2.12. The van der Waals surface area contributed by atoms with Crippen LogP contribution in [0, 0.1) is 5.92 Å². The van der Waals surface area contributed by atoms with Gasteiger partial charge in [-0.15, -0.1) is 11.3 Å². The number of rotatable bonds is 7. The number of hydrogen-bond acceptors (Lipinski definition) is 4. The van der Waals surface area contributed by atoms with Gasteiger partial charge in [-0.1, -0.05) is 0 Å². The normalized spacial score (nSPS) is 17.0. The minimum Gasteiger partial charge on any atom is -0.385 e. The molecule has 0 bridgehead atoms. The zero-order chi connectivity index (χ0) is 20.9. The van der Waals surface area contributed by atoms with Crippen LogP contribution in [-0.2, 0) is 22.4 Å². The van der Waals surface area contributed by atoms with E-state index in [-0.39, 0.29) is 17.7 Å². The van der Waals surface area contributed by atoms with E-state index in [4.69, 9.17) is 4.74 Å². The molecule has 7 heteroatoms. The second-order valence-electron chi connectivity index (χ2n) is 8.19. The van der Waals surface area contributed by atoms with Crippen LogP contribution in [0.3, 0.4) is 0 Å². The van der Waals surface area contributed by atoms with Crippen molar-refractivity contribution in [2.24, 2.45) is 5.92 Å². The number of nitrogens with one attached hydrogen (secondary N) is 1. The Balaban J connectivity index is 1.44. The van der Waals surface area contributed by atoms with Gasteiger partial charge in [0, 0.05) is 56.5 Å². The fourth-order valence-electron chi connectivity index (χ4n) is 4.50. The number of piperidine rings is 1. The van der Waals surface area contributed by atoms with Gasteiger partial charge in [0.2, 0.25) is 5.91 Å². The van der Waals surface area contributed by atoms with Crippen LogP contribution in [0.1, 0.15) is 52.9 Å². The van der Waals surface area contributed by atoms with Crippen LogP contribution in [0.25, 0.3) is 5.00 Å². The van der Waals surface area contributed by atoms with E-state index in [1.807, 2.05) is 29.4 Å². The Kier molecular flexibility index (Phi) is 6.89. The SMILES string of the molecule is COCCCNC(=O)C1CCN(C(=O)c2c(-n3cccc3)sc3c2CCCC3)CC1. The predicted molar refractivity (Wildman–Crippen MR) is 118 cm³/mol. The zero-order valence-corrected chi connectivity index (χ0v) is 18.5. The molecule has 2 aliphatic rings. The van der Waals surface area contributed by atoms with Gasteiger partial charge < -0.3 is 19.5 Å². The van der Waals surface area contributed by atoms with Gasteiger partial charge in [-0.05, 0) is 62.6 Å². The molecule has 162 valence electrons. The van der Waals surface area contributed by atoms with Gasteiger partial charge in [-0.2, -0.15) is 0 Å². The summed E-state index contributed by atoms with van der Waals surface area (Å²) in [5.74, 6) is 0.244. The van der Waals surface area contributed by atoms with Gasteiger partial charge in [0.15, 0.2) is 0 Å². The van der Waals surface area contributed by atoms with Gasteiger partial charge in [-0.3, -0.25) is 9.59 Å². The third-order valence-electron chi connectivity index (χ3n) is 6.18. The molecule has 0 aromatic carbocycles. The molecule has 3 heterocycles. The van der Waals surface area contributed by atoms with E-state index >= 15 is 0 Å². The molecule has 6 nitrogen and oxygen atoms in total. The number of hydrogen-bond donors (Lipinski definition) is 1. The van der Waals surface area contributed by atoms with Crippen LogP contribution in [-0.4, -0.2) is 54.6 Å². The van der Waals surface area contributed by atoms with E-state index in [2.05, 4.69) is 9.88 Å². The standard InChI is InChI=1S/C23H31N3O3S/c1-29-16-6-11-24-21(27)17-9-14-25(15-10-17)22(28)20-18-7-2-3-8-19(18)30-23(20)26-12-4-5-13-26/h4-5,12-13,17H,2-3,6-11,14-16H2,1H3,(H,24,27). The van der Waals surface area contributed by atoms with E-state index in [9.17, 15) is 9.59 Å². The molecule has 30 heavy (non-hydrogen) atoms. The first-order valence-electron chi connectivity index (χ1n) is 11.0. The third kappa shape index (κ3) is 4.47. The van der Waals surface area contributed by atoms with Crippen molar-refractivity contribution in [3.63, 3.8) is 0 Å². The van der Waals surface area contributed by atoms with E-state index in [0.717, 1.165) is 49.1 Å². The fourth-order valence-corrected chi connectivity index (χ4v) is 5.85. The molecule has 0 radical (unpaired) electrons. The average molecular weight is 430 g/mol. The number of methoxy groups -OCH3 is 1. The Morgan fingerprint density at radius 1 is 1.17 bits per heavy atom. The Bertz CT molecular complexity index is 867. The number of carbonyl (C=O) groups is 2. The van der Waals surface area contributed by atoms with E-state index in [1.165, 1.54) is 16.9 Å². The largest absolute Gasteiger partial charge is 0.385 e. The van der Waals surface area contributed by atoms with Crippen molar-refractivity contribution in [1.29, 1.82) is 0 Å². The second-order valence-corrected chi connectivity index (χ2v) is 9.27. The Morgan fingerprint density at radius 3 is 2.63 bits per heavy atom. The molecule has 1 saturated heterocycles. The molecular weight excluding hydrogens is 398 g/mol. The average Bonchev–Trinajstić information content (AvgIpc) is 3.44. The summed E-state index contributed by atoms with van der Waals surface area (Å²) in [5, 5.41) is 4.05. The number of carbonyl (C=O) groups excluding carboxylic acids is 2. The molecule has 2 aromatic rings. The first kappa shape index (κ1) is 21.1. The lowest BCUT2D eigenvalue weighted by Gasteiger charge is -2.32. The number of aromatic nitrogens is 1. The van der Waals surface area contributed by atoms with Crippen LogP contribution in [0.4, 0.5) is 0 Å². The van der Waals surface area contributed by atoms with Crippen molar-refractivity contribution in [2.75, 3.05) is 33.4 Å². The van der Waals surface area contributed by atoms with Gasteiger partial charge in [-0.25, -0.2) is 0 Å². The summed E-state index contributed by atoms with van der Waals surface area (Å²) in [6.45, 7) is 2.59. The fraction of sp³-hybridized carbons (Fsp3) is 0.565. The summed E-state index contributed by atoms with van der Waals surface area (Å²) in [5.41, 5.74) is 2.16. The van der Waals surface area contributed by atoms with Gasteiger partial charge in [0.05, 0.1) is 5.56 Å². The molecule has 1 aliphatic heterocycles. The van der Waals surface area contributed by atoms with E-state index in [1.54, 1.807) is 18.4 Å². The number of amides is 2. The molecule has 0 spiro atoms. The molecule has 0 unspecified atom stereocenters. The quantitative estimate of drug-likeness (QED) is 0.686. The number of aryl methyl sites for hydroxylation is 1. The maximum atomic E-state index is 13.6. The minimum absolute atomic E-state index is 0.00287. The van der Waals surface area contributed by atoms with Gasteiger partial charge in [0.1, 0.15) is 5.00 Å². The van der Waals surface area contributed by atoms with Crippen LogP contribution in [0.2, 0.25) is 0 Å². The Morgan fingerprint density at radius 2 is 1.90 bits per heavy atom. The molecule has 1 N–H and O–H groups in total. The van der Waals surface area contributed by atoms with Gasteiger partial charge in [0.25, 0.3) is 5.91 Å². The summed E-state index contributed by atoms with van der Waals surface area (Å²) in [6, 6.07) is 4.01. The van der Waals surface area contributed by atoms with Crippen LogP contribution in [0.15, 0.2) is 24.5 Å². The highest BCUT2D eigenvalue weighted by molar-refractivity contribution is 7.15. The zero-order valence-electron chi connectivity index (χ0n) is 17.7. The highest BCUT2D eigenvalue weighted by Crippen LogP contribution is 2.38. The monoisotopic (exact) mass is 429 g/mol. The minimum atomic E-state index is -0.00287. The van der Waals surface area contributed by atoms with Crippen LogP contribution >= 0.6 is 11.3 Å². The molecule has 2 aromatic heterocycles. The predicted octanol–water partition coefficient (Wildman–Crippen LogP) is 3.42. The first-order chi connectivity index (χ1) is 14.7. The van der Waals surface area contributed by atoms with Crippen molar-refractivity contribution in [2.45, 2.75) is 44.9 Å². The summed E-state index contributed by atoms with van der Waals surface area (Å²) in [6.07, 6.45) is 10.8. The molecule has 2 amide bonds. The molecule has 1 aliphatic carbocycles. The summed E-state index contributed by atoms with van der Waals surface area (Å²) in [7, 11) is 1.67. The third-order valence-corrected chi connectivity index (χ3v) is 7.49. The van der Waals surface area contributed by atoms with Crippen LogP contribution in [0.5, 0.6) is 0 Å². The highest BCUT2D eigenvalue weighted by Gasteiger charge is 2.32. The maximum absolute atomic E-state index is 13.6. The van der Waals surface area contributed by atoms with E-state index in [0.29, 0.717) is 26.2 Å². The number of thiophene rings is 1. The smallest absolute Gasteiger partial charge is 0.257 e. The molecule has 0 atom stereocenters. The lowest BCUT2D eigenvalue weighted by atomic mass is 9.93.